The number of methoxy groups -OCH3 is 1. The van der Waals surface area contributed by atoms with Gasteiger partial charge in [-0.1, -0.05) is 29.4 Å². The molecule has 9 nitrogen and oxygen atoms in total. The van der Waals surface area contributed by atoms with Crippen LogP contribution in [0.25, 0.3) is 0 Å². The molecular formula is C22H24ClN5O4S. The lowest BCUT2D eigenvalue weighted by Crippen LogP contribution is -2.32. The van der Waals surface area contributed by atoms with Gasteiger partial charge in [-0.25, -0.2) is 0 Å². The van der Waals surface area contributed by atoms with Gasteiger partial charge < -0.3 is 25.0 Å². The molecule has 0 aliphatic heterocycles. The van der Waals surface area contributed by atoms with Gasteiger partial charge in [0.25, 0.3) is 5.91 Å². The molecule has 0 saturated carbocycles. The fraction of sp³-hybridized carbons (Fsp3) is 0.273. The second kappa shape index (κ2) is 11.2. The van der Waals surface area contributed by atoms with Crippen molar-refractivity contribution < 1.29 is 19.4 Å². The Labute approximate surface area is 200 Å². The molecule has 3 aromatic rings. The summed E-state index contributed by atoms with van der Waals surface area (Å²) in [6.45, 7) is 1.51. The van der Waals surface area contributed by atoms with Crippen molar-refractivity contribution in [1.29, 1.82) is 0 Å². The van der Waals surface area contributed by atoms with E-state index in [0.29, 0.717) is 33.0 Å². The Balaban J connectivity index is 1.62. The van der Waals surface area contributed by atoms with E-state index in [4.69, 9.17) is 16.3 Å². The smallest absolute Gasteiger partial charge is 0.251 e. The highest BCUT2D eigenvalue weighted by Crippen LogP contribution is 2.23. The van der Waals surface area contributed by atoms with Crippen LogP contribution in [0.15, 0.2) is 47.6 Å². The van der Waals surface area contributed by atoms with Gasteiger partial charge in [-0.3, -0.25) is 9.59 Å². The number of carbonyl (C=O) groups is 2. The van der Waals surface area contributed by atoms with Crippen LogP contribution in [-0.2, 0) is 11.8 Å². The number of nitrogens with zero attached hydrogens (tertiary/aromatic N) is 3. The van der Waals surface area contributed by atoms with E-state index in [1.165, 1.54) is 11.8 Å². The monoisotopic (exact) mass is 489 g/mol. The van der Waals surface area contributed by atoms with Gasteiger partial charge in [0.1, 0.15) is 11.8 Å². The fourth-order valence-corrected chi connectivity index (χ4v) is 3.87. The lowest BCUT2D eigenvalue weighted by molar-refractivity contribution is -0.113. The minimum absolute atomic E-state index is 0.0971. The van der Waals surface area contributed by atoms with E-state index in [1.54, 1.807) is 55.1 Å². The first-order valence-electron chi connectivity index (χ1n) is 9.96. The van der Waals surface area contributed by atoms with Crippen molar-refractivity contribution in [1.82, 2.24) is 20.1 Å². The lowest BCUT2D eigenvalue weighted by Gasteiger charge is -2.16. The number of halogens is 1. The van der Waals surface area contributed by atoms with Crippen molar-refractivity contribution in [2.45, 2.75) is 18.1 Å². The minimum atomic E-state index is -0.769. The van der Waals surface area contributed by atoms with Crippen LogP contribution in [-0.4, -0.2) is 51.2 Å². The molecule has 3 N–H and O–H groups in total. The van der Waals surface area contributed by atoms with Crippen molar-refractivity contribution in [2.24, 2.45) is 7.05 Å². The number of aliphatic hydroxyl groups is 1. The van der Waals surface area contributed by atoms with Gasteiger partial charge in [-0.15, -0.1) is 10.2 Å². The molecule has 1 heterocycles. The number of carbonyl (C=O) groups excluding carboxylic acids is 2. The largest absolute Gasteiger partial charge is 0.497 e. The maximum atomic E-state index is 12.6. The number of aliphatic hydroxyl groups excluding tert-OH is 1. The Bertz CT molecular complexity index is 1140. The summed E-state index contributed by atoms with van der Waals surface area (Å²) in [5.41, 5.74) is 1.96. The molecule has 0 saturated heterocycles. The number of ether oxygens (including phenoxy) is 1. The summed E-state index contributed by atoms with van der Waals surface area (Å²) in [5, 5.41) is 24.6. The Morgan fingerprint density at radius 2 is 1.94 bits per heavy atom. The number of benzene rings is 2. The maximum absolute atomic E-state index is 12.6. The lowest BCUT2D eigenvalue weighted by atomic mass is 10.2. The summed E-state index contributed by atoms with van der Waals surface area (Å²) in [5.74, 6) is 0.509. The molecule has 33 heavy (non-hydrogen) atoms. The van der Waals surface area contributed by atoms with Crippen molar-refractivity contribution in [3.63, 3.8) is 0 Å². The number of hydrogen-bond donors (Lipinski definition) is 3. The molecule has 0 radical (unpaired) electrons. The van der Waals surface area contributed by atoms with Gasteiger partial charge in [0.05, 0.1) is 19.5 Å². The van der Waals surface area contributed by atoms with E-state index in [1.807, 2.05) is 13.0 Å². The summed E-state index contributed by atoms with van der Waals surface area (Å²) >= 11 is 7.18. The van der Waals surface area contributed by atoms with E-state index >= 15 is 0 Å². The highest BCUT2D eigenvalue weighted by molar-refractivity contribution is 7.99. The van der Waals surface area contributed by atoms with Gasteiger partial charge in [-0.05, 0) is 48.9 Å². The predicted octanol–water partition coefficient (Wildman–Crippen LogP) is 2.98. The third kappa shape index (κ3) is 6.25. The third-order valence-electron chi connectivity index (χ3n) is 4.83. The molecule has 2 amide bonds. The molecule has 1 atom stereocenters. The number of anilines is 1. The Hall–Kier alpha value is -3.08. The van der Waals surface area contributed by atoms with E-state index in [-0.39, 0.29) is 24.2 Å². The molecule has 11 heteroatoms. The zero-order valence-corrected chi connectivity index (χ0v) is 19.9. The second-order valence-electron chi connectivity index (χ2n) is 7.13. The highest BCUT2D eigenvalue weighted by Gasteiger charge is 2.22. The molecule has 1 aromatic heterocycles. The first kappa shape index (κ1) is 24.6. The van der Waals surface area contributed by atoms with Gasteiger partial charge in [0, 0.05) is 23.3 Å². The van der Waals surface area contributed by atoms with Crippen LogP contribution in [0.5, 0.6) is 5.75 Å². The number of amides is 2. The third-order valence-corrected chi connectivity index (χ3v) is 6.08. The molecule has 0 spiro atoms. The fourth-order valence-electron chi connectivity index (χ4n) is 2.98. The van der Waals surface area contributed by atoms with Crippen molar-refractivity contribution >= 4 is 40.9 Å². The zero-order valence-electron chi connectivity index (χ0n) is 18.3. The van der Waals surface area contributed by atoms with E-state index in [0.717, 1.165) is 5.56 Å². The van der Waals surface area contributed by atoms with Crippen LogP contribution in [0.3, 0.4) is 0 Å². The molecule has 0 aliphatic rings. The van der Waals surface area contributed by atoms with Gasteiger partial charge >= 0.3 is 0 Å². The molecular weight excluding hydrogens is 466 g/mol. The van der Waals surface area contributed by atoms with Crippen LogP contribution >= 0.6 is 23.4 Å². The number of thioether (sulfide) groups is 1. The second-order valence-corrected chi connectivity index (χ2v) is 8.51. The van der Waals surface area contributed by atoms with Gasteiger partial charge in [-0.2, -0.15) is 0 Å². The molecule has 0 bridgehead atoms. The van der Waals surface area contributed by atoms with Crippen molar-refractivity contribution in [2.75, 3.05) is 24.8 Å². The summed E-state index contributed by atoms with van der Waals surface area (Å²) in [4.78, 5) is 24.9. The predicted molar refractivity (Wildman–Crippen MR) is 127 cm³/mol. The number of aromatic nitrogens is 3. The van der Waals surface area contributed by atoms with Crippen LogP contribution in [0.2, 0.25) is 5.02 Å². The number of aryl methyl sites for hydroxylation is 1. The van der Waals surface area contributed by atoms with Crippen molar-refractivity contribution in [3.05, 3.63) is 64.4 Å². The summed E-state index contributed by atoms with van der Waals surface area (Å²) in [6.07, 6.45) is 0. The van der Waals surface area contributed by atoms with Crippen LogP contribution in [0, 0.1) is 6.92 Å². The van der Waals surface area contributed by atoms with E-state index in [2.05, 4.69) is 20.8 Å². The quantitative estimate of drug-likeness (QED) is 0.395. The number of nitrogens with one attached hydrogen (secondary N) is 2. The summed E-state index contributed by atoms with van der Waals surface area (Å²) in [7, 11) is 3.25. The molecule has 174 valence electrons. The van der Waals surface area contributed by atoms with Gasteiger partial charge in [0.2, 0.25) is 5.91 Å². The molecule has 0 aliphatic carbocycles. The molecule has 2 aromatic carbocycles. The van der Waals surface area contributed by atoms with Gasteiger partial charge in [0.15, 0.2) is 11.0 Å². The highest BCUT2D eigenvalue weighted by atomic mass is 35.5. The summed E-state index contributed by atoms with van der Waals surface area (Å²) < 4.78 is 6.73. The summed E-state index contributed by atoms with van der Waals surface area (Å²) in [6, 6.07) is 11.1. The maximum Gasteiger partial charge on any atom is 0.251 e. The average molecular weight is 490 g/mol. The van der Waals surface area contributed by atoms with E-state index in [9.17, 15) is 14.7 Å². The SMILES string of the molecule is COc1ccc(C(=O)N[C@@H](CO)c2nnc(SCC(=O)Nc3cc(Cl)ccc3C)n2C)cc1. The molecule has 0 unspecified atom stereocenters. The van der Waals surface area contributed by atoms with E-state index < -0.39 is 6.04 Å². The van der Waals surface area contributed by atoms with Crippen LogP contribution < -0.4 is 15.4 Å². The van der Waals surface area contributed by atoms with Crippen LogP contribution in [0.4, 0.5) is 5.69 Å². The van der Waals surface area contributed by atoms with Crippen LogP contribution in [0.1, 0.15) is 27.8 Å². The molecule has 3 rings (SSSR count). The molecule has 0 fully saturated rings. The normalized spacial score (nSPS) is 11.7. The zero-order chi connectivity index (χ0) is 24.0. The first-order valence-corrected chi connectivity index (χ1v) is 11.3. The standard InChI is InChI=1S/C22H24ClN5O4S/c1-13-4-7-15(23)10-17(13)24-19(30)12-33-22-27-26-20(28(22)2)18(11-29)25-21(31)14-5-8-16(32-3)9-6-14/h4-10,18,29H,11-12H2,1-3H3,(H,24,30)(H,25,31)/t18-/m0/s1. The van der Waals surface area contributed by atoms with Crippen molar-refractivity contribution in [3.8, 4) is 5.75 Å². The average Bonchev–Trinajstić information content (AvgIpc) is 3.18. The number of hydrogen-bond acceptors (Lipinski definition) is 7. The Kier molecular flexibility index (Phi) is 8.32. The minimum Gasteiger partial charge on any atom is -0.497 e. The topological polar surface area (TPSA) is 118 Å². The Morgan fingerprint density at radius 3 is 2.61 bits per heavy atom. The number of rotatable bonds is 9. The first-order chi connectivity index (χ1) is 15.8. The Morgan fingerprint density at radius 1 is 1.21 bits per heavy atom.